The molecule has 0 spiro atoms. The molecule has 0 radical (unpaired) electrons. The van der Waals surface area contributed by atoms with Crippen LogP contribution in [0.4, 0.5) is 20.2 Å². The smallest absolute Gasteiger partial charge is 0.323 e. The molecule has 0 aromatic heterocycles. The maximum Gasteiger partial charge on any atom is 0.323 e. The first-order valence-electron chi connectivity index (χ1n) is 5.46. The summed E-state index contributed by atoms with van der Waals surface area (Å²) >= 11 is 0. The molecule has 0 bridgehead atoms. The fourth-order valence-corrected chi connectivity index (χ4v) is 1.59. The number of non-ortho nitro benzene ring substituents is 1. The summed E-state index contributed by atoms with van der Waals surface area (Å²) in [7, 11) is 1.35. The van der Waals surface area contributed by atoms with Crippen LogP contribution in [0.3, 0.4) is 0 Å². The molecule has 1 N–H and O–H groups in total. The van der Waals surface area contributed by atoms with E-state index in [9.17, 15) is 23.7 Å². The van der Waals surface area contributed by atoms with E-state index in [0.717, 1.165) is 4.90 Å². The van der Waals surface area contributed by atoms with Gasteiger partial charge in [-0.05, 0) is 0 Å². The molecule has 0 atom stereocenters. The van der Waals surface area contributed by atoms with Crippen molar-refractivity contribution in [3.05, 3.63) is 33.9 Å². The number of nitrogens with zero attached hydrogens (tertiary/aromatic N) is 2. The van der Waals surface area contributed by atoms with Crippen molar-refractivity contribution in [3.8, 4) is 0 Å². The van der Waals surface area contributed by atoms with Crippen LogP contribution in [0.15, 0.2) is 12.1 Å². The quantitative estimate of drug-likeness (QED) is 0.603. The van der Waals surface area contributed by atoms with Crippen LogP contribution in [0.1, 0.15) is 0 Å². The first-order valence-corrected chi connectivity index (χ1v) is 5.46. The third-order valence-electron chi connectivity index (χ3n) is 2.42. The first-order chi connectivity index (χ1) is 9.36. The minimum atomic E-state index is -1.29. The summed E-state index contributed by atoms with van der Waals surface area (Å²) < 4.78 is 32.3. The second kappa shape index (κ2) is 6.75. The van der Waals surface area contributed by atoms with Gasteiger partial charge in [-0.1, -0.05) is 0 Å². The molecule has 0 saturated heterocycles. The number of ether oxygens (including phenoxy) is 1. The number of anilines is 1. The zero-order valence-electron chi connectivity index (χ0n) is 10.5. The van der Waals surface area contributed by atoms with Crippen LogP contribution in [0.25, 0.3) is 0 Å². The highest BCUT2D eigenvalue weighted by molar-refractivity contribution is 5.74. The number of nitro benzene ring substituents is 1. The lowest BCUT2D eigenvalue weighted by Gasteiger charge is -2.23. The Balaban J connectivity index is 3.18. The van der Waals surface area contributed by atoms with E-state index >= 15 is 0 Å². The summed E-state index contributed by atoms with van der Waals surface area (Å²) in [6.45, 7) is -0.688. The highest BCUT2D eigenvalue weighted by Crippen LogP contribution is 2.28. The van der Waals surface area contributed by atoms with Crippen molar-refractivity contribution < 1.29 is 28.3 Å². The van der Waals surface area contributed by atoms with E-state index in [0.29, 0.717) is 12.1 Å². The summed E-state index contributed by atoms with van der Waals surface area (Å²) in [4.78, 5) is 21.2. The summed E-state index contributed by atoms with van der Waals surface area (Å²) in [5.41, 5.74) is -1.37. The Labute approximate surface area is 112 Å². The number of hydrogen-bond acceptors (Lipinski definition) is 5. The van der Waals surface area contributed by atoms with E-state index in [2.05, 4.69) is 0 Å². The van der Waals surface area contributed by atoms with Gasteiger partial charge in [0.25, 0.3) is 5.69 Å². The topological polar surface area (TPSA) is 92.9 Å². The summed E-state index contributed by atoms with van der Waals surface area (Å²) in [6, 6.07) is 1.08. The minimum absolute atomic E-state index is 0.0448. The summed E-state index contributed by atoms with van der Waals surface area (Å²) in [6.07, 6.45) is 0. The van der Waals surface area contributed by atoms with Crippen LogP contribution in [-0.2, 0) is 9.53 Å². The highest BCUT2D eigenvalue weighted by Gasteiger charge is 2.23. The molecule has 0 unspecified atom stereocenters. The molecule has 1 rings (SSSR count). The van der Waals surface area contributed by atoms with Crippen LogP contribution < -0.4 is 4.90 Å². The fourth-order valence-electron chi connectivity index (χ4n) is 1.59. The molecule has 110 valence electrons. The van der Waals surface area contributed by atoms with Gasteiger partial charge >= 0.3 is 5.97 Å². The van der Waals surface area contributed by atoms with Crippen molar-refractivity contribution >= 4 is 17.3 Å². The van der Waals surface area contributed by atoms with Crippen molar-refractivity contribution in [1.29, 1.82) is 0 Å². The molecule has 7 nitrogen and oxygen atoms in total. The molecule has 0 amide bonds. The molecule has 1 aromatic rings. The Morgan fingerprint density at radius 1 is 1.45 bits per heavy atom. The highest BCUT2D eigenvalue weighted by atomic mass is 19.1. The number of aliphatic carboxylic acids is 1. The summed E-state index contributed by atoms with van der Waals surface area (Å²) in [5.74, 6) is -3.69. The van der Waals surface area contributed by atoms with Gasteiger partial charge in [-0.15, -0.1) is 0 Å². The van der Waals surface area contributed by atoms with Gasteiger partial charge in [0.2, 0.25) is 0 Å². The van der Waals surface area contributed by atoms with Crippen molar-refractivity contribution in [3.63, 3.8) is 0 Å². The molecule has 0 saturated carbocycles. The maximum absolute atomic E-state index is 13.8. The molecule has 0 heterocycles. The van der Waals surface area contributed by atoms with Crippen LogP contribution in [-0.4, -0.2) is 42.8 Å². The average Bonchev–Trinajstić information content (AvgIpc) is 2.33. The number of benzene rings is 1. The normalized spacial score (nSPS) is 10.3. The monoisotopic (exact) mass is 290 g/mol. The van der Waals surface area contributed by atoms with Crippen LogP contribution >= 0.6 is 0 Å². The van der Waals surface area contributed by atoms with Gasteiger partial charge in [-0.2, -0.15) is 0 Å². The third-order valence-corrected chi connectivity index (χ3v) is 2.42. The van der Waals surface area contributed by atoms with E-state index < -0.39 is 40.4 Å². The largest absolute Gasteiger partial charge is 0.480 e. The number of hydrogen-bond donors (Lipinski definition) is 1. The minimum Gasteiger partial charge on any atom is -0.480 e. The second-order valence-electron chi connectivity index (χ2n) is 3.82. The van der Waals surface area contributed by atoms with Gasteiger partial charge in [0.05, 0.1) is 23.7 Å². The Morgan fingerprint density at radius 3 is 2.40 bits per heavy atom. The lowest BCUT2D eigenvalue weighted by Crippen LogP contribution is -2.34. The fraction of sp³-hybridized carbons (Fsp3) is 0.364. The second-order valence-corrected chi connectivity index (χ2v) is 3.82. The van der Waals surface area contributed by atoms with Gasteiger partial charge in [-0.25, -0.2) is 8.78 Å². The van der Waals surface area contributed by atoms with E-state index in [1.807, 2.05) is 0 Å². The first kappa shape index (κ1) is 15.8. The summed E-state index contributed by atoms with van der Waals surface area (Å²) in [5, 5.41) is 19.2. The van der Waals surface area contributed by atoms with Crippen LogP contribution in [0, 0.1) is 21.7 Å². The predicted molar refractivity (Wildman–Crippen MR) is 64.7 cm³/mol. The van der Waals surface area contributed by atoms with Crippen molar-refractivity contribution in [1.82, 2.24) is 0 Å². The lowest BCUT2D eigenvalue weighted by molar-refractivity contribution is -0.385. The molecule has 0 aliphatic rings. The van der Waals surface area contributed by atoms with E-state index in [1.54, 1.807) is 0 Å². The number of carbonyl (C=O) groups is 1. The Bertz CT molecular complexity index is 501. The van der Waals surface area contributed by atoms with Crippen LogP contribution in [0.5, 0.6) is 0 Å². The number of carboxylic acid groups (broad SMARTS) is 1. The van der Waals surface area contributed by atoms with Gasteiger partial charge in [0.15, 0.2) is 11.6 Å². The van der Waals surface area contributed by atoms with Gasteiger partial charge in [0, 0.05) is 13.7 Å². The Hall–Kier alpha value is -2.29. The van der Waals surface area contributed by atoms with Gasteiger partial charge in [0.1, 0.15) is 12.2 Å². The number of nitro groups is 1. The SMILES string of the molecule is COCCN(CC(=O)O)c1c(F)cc([N+](=O)[O-])cc1F. The average molecular weight is 290 g/mol. The molecular weight excluding hydrogens is 278 g/mol. The molecule has 0 aliphatic heterocycles. The standard InChI is InChI=1S/C11H12F2N2O5/c1-20-3-2-14(6-10(16)17)11-8(12)4-7(15(18)19)5-9(11)13/h4-5H,2-3,6H2,1H3,(H,16,17). The molecule has 0 aliphatic carbocycles. The number of methoxy groups -OCH3 is 1. The van der Waals surface area contributed by atoms with Crippen molar-refractivity contribution in [2.75, 3.05) is 31.7 Å². The lowest BCUT2D eigenvalue weighted by atomic mass is 10.2. The molecular formula is C11H12F2N2O5. The van der Waals surface area contributed by atoms with E-state index in [4.69, 9.17) is 9.84 Å². The van der Waals surface area contributed by atoms with E-state index in [-0.39, 0.29) is 13.2 Å². The zero-order chi connectivity index (χ0) is 15.3. The van der Waals surface area contributed by atoms with Crippen LogP contribution in [0.2, 0.25) is 0 Å². The number of carboxylic acids is 1. The molecule has 0 fully saturated rings. The van der Waals surface area contributed by atoms with Gasteiger partial charge in [-0.3, -0.25) is 14.9 Å². The Kier molecular flexibility index (Phi) is 5.32. The maximum atomic E-state index is 13.8. The molecule has 20 heavy (non-hydrogen) atoms. The Morgan fingerprint density at radius 2 is 2.00 bits per heavy atom. The molecule has 9 heteroatoms. The van der Waals surface area contributed by atoms with E-state index in [1.165, 1.54) is 7.11 Å². The van der Waals surface area contributed by atoms with Crippen molar-refractivity contribution in [2.24, 2.45) is 0 Å². The molecule has 1 aromatic carbocycles. The number of rotatable bonds is 7. The predicted octanol–water partition coefficient (Wildman–Crippen LogP) is 1.41. The van der Waals surface area contributed by atoms with Crippen molar-refractivity contribution in [2.45, 2.75) is 0 Å². The van der Waals surface area contributed by atoms with Gasteiger partial charge < -0.3 is 14.7 Å². The third kappa shape index (κ3) is 3.85. The zero-order valence-corrected chi connectivity index (χ0v) is 10.5. The number of halogens is 2.